The van der Waals surface area contributed by atoms with E-state index in [-0.39, 0.29) is 23.5 Å². The molecule has 2 aromatic rings. The van der Waals surface area contributed by atoms with Gasteiger partial charge in [0.2, 0.25) is 0 Å². The van der Waals surface area contributed by atoms with E-state index in [1.165, 1.54) is 22.5 Å². The Bertz CT molecular complexity index is 832. The van der Waals surface area contributed by atoms with Gasteiger partial charge in [-0.2, -0.15) is 0 Å². The molecular formula is C24H27O3S+. The standard InChI is InChI=1S/C24H27O3S/c1-17-15-22(18(2)19(3)24(17)27-16-23(25)26-4)28(20-11-7-5-8-12-20)21-13-9-6-10-14-21/h5-15,18,22H,16H2,1-4H3/q+1. The Morgan fingerprint density at radius 2 is 1.50 bits per heavy atom. The van der Waals surface area contributed by atoms with Crippen molar-refractivity contribution in [3.8, 4) is 0 Å². The molecule has 0 aliphatic heterocycles. The average molecular weight is 396 g/mol. The third kappa shape index (κ3) is 4.33. The molecular weight excluding hydrogens is 368 g/mol. The Labute approximate surface area is 170 Å². The summed E-state index contributed by atoms with van der Waals surface area (Å²) >= 11 is 0. The second-order valence-corrected chi connectivity index (χ2v) is 9.11. The van der Waals surface area contributed by atoms with Crippen molar-refractivity contribution in [2.24, 2.45) is 5.92 Å². The second-order valence-electron chi connectivity index (χ2n) is 6.94. The van der Waals surface area contributed by atoms with Crippen LogP contribution in [-0.2, 0) is 25.2 Å². The molecule has 0 saturated heterocycles. The maximum Gasteiger partial charge on any atom is 0.343 e. The highest BCUT2D eigenvalue weighted by atomic mass is 32.2. The van der Waals surface area contributed by atoms with Gasteiger partial charge in [-0.1, -0.05) is 43.3 Å². The topological polar surface area (TPSA) is 35.5 Å². The maximum atomic E-state index is 11.5. The summed E-state index contributed by atoms with van der Waals surface area (Å²) in [5, 5.41) is 0.329. The van der Waals surface area contributed by atoms with Gasteiger partial charge in [-0.25, -0.2) is 4.79 Å². The van der Waals surface area contributed by atoms with E-state index in [9.17, 15) is 4.79 Å². The lowest BCUT2D eigenvalue weighted by molar-refractivity contribution is -0.144. The molecule has 1 aliphatic carbocycles. The second kappa shape index (κ2) is 9.16. The fourth-order valence-corrected chi connectivity index (χ4v) is 6.26. The number of methoxy groups -OCH3 is 1. The number of carbonyl (C=O) groups excluding carboxylic acids is 1. The third-order valence-corrected chi connectivity index (χ3v) is 7.78. The lowest BCUT2D eigenvalue weighted by atomic mass is 9.89. The maximum absolute atomic E-state index is 11.5. The summed E-state index contributed by atoms with van der Waals surface area (Å²) in [4.78, 5) is 14.2. The van der Waals surface area contributed by atoms with Crippen molar-refractivity contribution in [2.75, 3.05) is 13.7 Å². The first kappa shape index (κ1) is 20.3. The Morgan fingerprint density at radius 3 is 2.00 bits per heavy atom. The Morgan fingerprint density at radius 1 is 0.964 bits per heavy atom. The molecule has 3 nitrogen and oxygen atoms in total. The van der Waals surface area contributed by atoms with E-state index in [1.807, 2.05) is 0 Å². The van der Waals surface area contributed by atoms with Crippen molar-refractivity contribution < 1.29 is 14.3 Å². The first-order valence-corrected chi connectivity index (χ1v) is 10.7. The van der Waals surface area contributed by atoms with Crippen molar-refractivity contribution in [1.29, 1.82) is 0 Å². The molecule has 0 fully saturated rings. The van der Waals surface area contributed by atoms with Crippen LogP contribution in [0.5, 0.6) is 0 Å². The quantitative estimate of drug-likeness (QED) is 0.501. The van der Waals surface area contributed by atoms with Crippen LogP contribution in [0.25, 0.3) is 0 Å². The fraction of sp³-hybridized carbons (Fsp3) is 0.292. The highest BCUT2D eigenvalue weighted by Gasteiger charge is 2.41. The number of hydrogen-bond donors (Lipinski definition) is 0. The van der Waals surface area contributed by atoms with E-state index in [0.29, 0.717) is 11.2 Å². The molecule has 0 bridgehead atoms. The number of benzene rings is 2. The van der Waals surface area contributed by atoms with Gasteiger partial charge in [-0.3, -0.25) is 0 Å². The zero-order chi connectivity index (χ0) is 20.1. The molecule has 0 aromatic heterocycles. The van der Waals surface area contributed by atoms with Gasteiger partial charge in [0.25, 0.3) is 0 Å². The number of rotatable bonds is 6. The van der Waals surface area contributed by atoms with Crippen LogP contribution in [0.1, 0.15) is 20.8 Å². The normalized spacial score (nSPS) is 19.4. The van der Waals surface area contributed by atoms with Crippen molar-refractivity contribution in [3.05, 3.63) is 83.6 Å². The molecule has 0 heterocycles. The minimum Gasteiger partial charge on any atom is -0.482 e. The molecule has 3 rings (SSSR count). The van der Waals surface area contributed by atoms with Crippen LogP contribution in [0.3, 0.4) is 0 Å². The predicted molar refractivity (Wildman–Crippen MR) is 114 cm³/mol. The van der Waals surface area contributed by atoms with E-state index < -0.39 is 0 Å². The van der Waals surface area contributed by atoms with Gasteiger partial charge in [0.15, 0.2) is 21.6 Å². The highest BCUT2D eigenvalue weighted by Crippen LogP contribution is 2.40. The van der Waals surface area contributed by atoms with Crippen LogP contribution in [0.4, 0.5) is 0 Å². The number of allylic oxidation sites excluding steroid dienone is 2. The number of ether oxygens (including phenoxy) is 2. The first-order valence-electron chi connectivity index (χ1n) is 9.45. The molecule has 2 aromatic carbocycles. The summed E-state index contributed by atoms with van der Waals surface area (Å²) in [5.41, 5.74) is 2.26. The lowest BCUT2D eigenvalue weighted by Crippen LogP contribution is -2.32. The van der Waals surface area contributed by atoms with Crippen LogP contribution >= 0.6 is 0 Å². The summed E-state index contributed by atoms with van der Waals surface area (Å²) in [6.45, 7) is 6.36. The van der Waals surface area contributed by atoms with Gasteiger partial charge >= 0.3 is 5.97 Å². The number of esters is 1. The van der Waals surface area contributed by atoms with E-state index in [4.69, 9.17) is 9.47 Å². The Balaban J connectivity index is 1.97. The smallest absolute Gasteiger partial charge is 0.343 e. The van der Waals surface area contributed by atoms with Crippen LogP contribution < -0.4 is 0 Å². The summed E-state index contributed by atoms with van der Waals surface area (Å²) in [6, 6.07) is 21.4. The van der Waals surface area contributed by atoms with Gasteiger partial charge < -0.3 is 9.47 Å². The molecule has 0 amide bonds. The van der Waals surface area contributed by atoms with Gasteiger partial charge in [-0.15, -0.1) is 0 Å². The molecule has 2 unspecified atom stereocenters. The predicted octanol–water partition coefficient (Wildman–Crippen LogP) is 5.15. The fourth-order valence-electron chi connectivity index (χ4n) is 3.51. The van der Waals surface area contributed by atoms with Crippen LogP contribution in [0, 0.1) is 5.92 Å². The van der Waals surface area contributed by atoms with Gasteiger partial charge in [0, 0.05) is 5.92 Å². The van der Waals surface area contributed by atoms with Crippen LogP contribution in [0.15, 0.2) is 93.4 Å². The van der Waals surface area contributed by atoms with E-state index in [0.717, 1.165) is 11.3 Å². The largest absolute Gasteiger partial charge is 0.482 e. The van der Waals surface area contributed by atoms with Gasteiger partial charge in [-0.05, 0) is 55.3 Å². The zero-order valence-corrected chi connectivity index (χ0v) is 17.7. The average Bonchev–Trinajstić information content (AvgIpc) is 2.73. The molecule has 0 spiro atoms. The van der Waals surface area contributed by atoms with Gasteiger partial charge in [0.05, 0.1) is 18.0 Å². The zero-order valence-electron chi connectivity index (χ0n) is 16.8. The summed E-state index contributed by atoms with van der Waals surface area (Å²) < 4.78 is 10.5. The SMILES string of the molecule is COC(=O)COC1=C(C)C(C)C([S+](c2ccccc2)c2ccccc2)C=C1C. The molecule has 28 heavy (non-hydrogen) atoms. The molecule has 1 aliphatic rings. The van der Waals surface area contributed by atoms with Crippen molar-refractivity contribution >= 4 is 16.9 Å². The monoisotopic (exact) mass is 395 g/mol. The summed E-state index contributed by atoms with van der Waals surface area (Å²) in [6.07, 6.45) is 2.31. The van der Waals surface area contributed by atoms with E-state index in [1.54, 1.807) is 0 Å². The van der Waals surface area contributed by atoms with E-state index in [2.05, 4.69) is 87.5 Å². The lowest BCUT2D eigenvalue weighted by Gasteiger charge is -2.29. The molecule has 0 radical (unpaired) electrons. The minimum absolute atomic E-state index is 0.0607. The molecule has 4 heteroatoms. The highest BCUT2D eigenvalue weighted by molar-refractivity contribution is 7.97. The molecule has 2 atom stereocenters. The Hall–Kier alpha value is -2.46. The number of hydrogen-bond acceptors (Lipinski definition) is 3. The minimum atomic E-state index is -0.365. The molecule has 0 saturated carbocycles. The Kier molecular flexibility index (Phi) is 6.63. The summed E-state index contributed by atoms with van der Waals surface area (Å²) in [7, 11) is 1.28. The van der Waals surface area contributed by atoms with E-state index >= 15 is 0 Å². The van der Waals surface area contributed by atoms with Crippen LogP contribution in [-0.4, -0.2) is 24.9 Å². The molecule has 0 N–H and O–H groups in total. The third-order valence-electron chi connectivity index (χ3n) is 5.13. The van der Waals surface area contributed by atoms with Crippen molar-refractivity contribution in [3.63, 3.8) is 0 Å². The molecule has 146 valence electrons. The van der Waals surface area contributed by atoms with Crippen molar-refractivity contribution in [2.45, 2.75) is 35.8 Å². The van der Waals surface area contributed by atoms with Gasteiger partial charge in [0.1, 0.15) is 5.76 Å². The van der Waals surface area contributed by atoms with Crippen molar-refractivity contribution in [1.82, 2.24) is 0 Å². The first-order chi connectivity index (χ1) is 13.5. The number of carbonyl (C=O) groups is 1. The van der Waals surface area contributed by atoms with Crippen LogP contribution in [0.2, 0.25) is 0 Å². The summed E-state index contributed by atoms with van der Waals surface area (Å²) in [5.74, 6) is 0.745.